The van der Waals surface area contributed by atoms with Crippen molar-refractivity contribution >= 4 is 21.4 Å². The van der Waals surface area contributed by atoms with Crippen LogP contribution in [-0.4, -0.2) is 19.9 Å². The zero-order valence-corrected chi connectivity index (χ0v) is 14.0. The fourth-order valence-corrected chi connectivity index (χ4v) is 4.20. The Hall–Kier alpha value is -2.41. The predicted octanol–water partition coefficient (Wildman–Crippen LogP) is 3.43. The number of hydrogen-bond donors (Lipinski definition) is 0. The van der Waals surface area contributed by atoms with Gasteiger partial charge in [0.1, 0.15) is 0 Å². The Morgan fingerprint density at radius 1 is 1.09 bits per heavy atom. The van der Waals surface area contributed by atoms with Crippen molar-refractivity contribution in [2.45, 2.75) is 25.7 Å². The number of para-hydroxylation sites is 1. The number of anilines is 1. The normalized spacial score (nSPS) is 11.3. The first-order valence-corrected chi connectivity index (χ1v) is 8.56. The van der Waals surface area contributed by atoms with Gasteiger partial charge in [-0.3, -0.25) is 14.4 Å². The van der Waals surface area contributed by atoms with Gasteiger partial charge in [0.15, 0.2) is 0 Å². The van der Waals surface area contributed by atoms with Crippen LogP contribution in [0.5, 0.6) is 0 Å². The summed E-state index contributed by atoms with van der Waals surface area (Å²) in [4.78, 5) is 10.3. The molecular formula is C16H18N2O4S. The Morgan fingerprint density at radius 2 is 1.74 bits per heavy atom. The van der Waals surface area contributed by atoms with Gasteiger partial charge >= 0.3 is 0 Å². The fourth-order valence-electron chi connectivity index (χ4n) is 2.41. The summed E-state index contributed by atoms with van der Waals surface area (Å²) in [5.41, 5.74) is 1.62. The van der Waals surface area contributed by atoms with E-state index >= 15 is 0 Å². The lowest BCUT2D eigenvalue weighted by atomic mass is 10.2. The quantitative estimate of drug-likeness (QED) is 0.620. The van der Waals surface area contributed by atoms with E-state index in [1.54, 1.807) is 26.0 Å². The van der Waals surface area contributed by atoms with E-state index in [-0.39, 0.29) is 17.1 Å². The van der Waals surface area contributed by atoms with Crippen LogP contribution in [0.25, 0.3) is 0 Å². The summed E-state index contributed by atoms with van der Waals surface area (Å²) in [5, 5.41) is 11.0. The molecule has 0 aliphatic heterocycles. The maximum absolute atomic E-state index is 13.0. The molecule has 0 unspecified atom stereocenters. The average Bonchev–Trinajstić information content (AvgIpc) is 2.49. The molecule has 23 heavy (non-hydrogen) atoms. The maximum atomic E-state index is 13.0. The van der Waals surface area contributed by atoms with E-state index in [9.17, 15) is 18.5 Å². The van der Waals surface area contributed by atoms with Crippen LogP contribution >= 0.6 is 0 Å². The molecule has 0 bridgehead atoms. The Bertz CT molecular complexity index is 847. The molecule has 122 valence electrons. The molecule has 0 aliphatic rings. The molecule has 0 saturated heterocycles. The highest BCUT2D eigenvalue weighted by molar-refractivity contribution is 7.92. The van der Waals surface area contributed by atoms with Crippen LogP contribution in [0.15, 0.2) is 47.4 Å². The third-order valence-corrected chi connectivity index (χ3v) is 5.65. The molecule has 0 aliphatic carbocycles. The van der Waals surface area contributed by atoms with E-state index < -0.39 is 14.9 Å². The van der Waals surface area contributed by atoms with Crippen molar-refractivity contribution in [3.63, 3.8) is 0 Å². The molecule has 2 aromatic carbocycles. The second kappa shape index (κ2) is 6.37. The number of aryl methyl sites for hydroxylation is 2. The average molecular weight is 334 g/mol. The van der Waals surface area contributed by atoms with Crippen molar-refractivity contribution in [2.24, 2.45) is 0 Å². The Balaban J connectivity index is 2.63. The Kier molecular flexibility index (Phi) is 4.70. The second-order valence-electron chi connectivity index (χ2n) is 5.16. The number of benzene rings is 2. The molecule has 0 aromatic heterocycles. The van der Waals surface area contributed by atoms with Gasteiger partial charge in [-0.2, -0.15) is 0 Å². The number of hydrogen-bond acceptors (Lipinski definition) is 4. The van der Waals surface area contributed by atoms with Gasteiger partial charge < -0.3 is 0 Å². The SMILES string of the molecule is CCN(c1ccccc1C)S(=O)(=O)c1cc([N+](=O)[O-])ccc1C. The first kappa shape index (κ1) is 17.0. The number of nitro groups is 1. The van der Waals surface area contributed by atoms with Crippen LogP contribution in [0.3, 0.4) is 0 Å². The Labute approximate surface area is 135 Å². The van der Waals surface area contributed by atoms with Gasteiger partial charge in [0.05, 0.1) is 15.5 Å². The highest BCUT2D eigenvalue weighted by Crippen LogP contribution is 2.29. The van der Waals surface area contributed by atoms with Gasteiger partial charge in [-0.1, -0.05) is 24.3 Å². The van der Waals surface area contributed by atoms with Gasteiger partial charge in [-0.25, -0.2) is 8.42 Å². The van der Waals surface area contributed by atoms with Crippen LogP contribution in [0.4, 0.5) is 11.4 Å². The van der Waals surface area contributed by atoms with Crippen molar-refractivity contribution in [1.29, 1.82) is 0 Å². The first-order chi connectivity index (χ1) is 10.8. The lowest BCUT2D eigenvalue weighted by Gasteiger charge is -2.25. The molecule has 0 atom stereocenters. The van der Waals surface area contributed by atoms with E-state index in [1.807, 2.05) is 19.1 Å². The highest BCUT2D eigenvalue weighted by atomic mass is 32.2. The molecule has 0 saturated carbocycles. The van der Waals surface area contributed by atoms with Crippen molar-refractivity contribution in [1.82, 2.24) is 0 Å². The molecule has 0 spiro atoms. The third kappa shape index (κ3) is 3.19. The number of nitrogens with zero attached hydrogens (tertiary/aromatic N) is 2. The minimum Gasteiger partial charge on any atom is -0.266 e. The number of sulfonamides is 1. The van der Waals surface area contributed by atoms with E-state index in [1.165, 1.54) is 16.4 Å². The Morgan fingerprint density at radius 3 is 2.30 bits per heavy atom. The van der Waals surface area contributed by atoms with Crippen LogP contribution in [-0.2, 0) is 10.0 Å². The number of non-ortho nitro benzene ring substituents is 1. The summed E-state index contributed by atoms with van der Waals surface area (Å²) in [6.45, 7) is 5.42. The zero-order chi connectivity index (χ0) is 17.2. The maximum Gasteiger partial charge on any atom is 0.270 e. The van der Waals surface area contributed by atoms with E-state index in [0.29, 0.717) is 11.3 Å². The first-order valence-electron chi connectivity index (χ1n) is 7.12. The largest absolute Gasteiger partial charge is 0.270 e. The molecule has 2 rings (SSSR count). The van der Waals surface area contributed by atoms with Crippen LogP contribution < -0.4 is 4.31 Å². The monoisotopic (exact) mass is 334 g/mol. The zero-order valence-electron chi connectivity index (χ0n) is 13.2. The number of nitro benzene ring substituents is 1. The van der Waals surface area contributed by atoms with E-state index in [2.05, 4.69) is 0 Å². The molecule has 0 N–H and O–H groups in total. The second-order valence-corrected chi connectivity index (χ2v) is 6.99. The third-order valence-electron chi connectivity index (χ3n) is 3.62. The standard InChI is InChI=1S/C16H18N2O4S/c1-4-17(15-8-6-5-7-12(15)2)23(21,22)16-11-14(18(19)20)10-9-13(16)3/h5-11H,4H2,1-3H3. The molecule has 0 heterocycles. The minimum absolute atomic E-state index is 0.0446. The van der Waals surface area contributed by atoms with Gasteiger partial charge in [0.25, 0.3) is 15.7 Å². The van der Waals surface area contributed by atoms with Gasteiger partial charge in [0.2, 0.25) is 0 Å². The van der Waals surface area contributed by atoms with E-state index in [4.69, 9.17) is 0 Å². The van der Waals surface area contributed by atoms with Crippen molar-refractivity contribution in [2.75, 3.05) is 10.8 Å². The molecule has 0 fully saturated rings. The summed E-state index contributed by atoms with van der Waals surface area (Å²) < 4.78 is 27.3. The van der Waals surface area contributed by atoms with Crippen LogP contribution in [0, 0.1) is 24.0 Å². The van der Waals surface area contributed by atoms with Gasteiger partial charge in [-0.05, 0) is 38.0 Å². The van der Waals surface area contributed by atoms with E-state index in [0.717, 1.165) is 11.6 Å². The minimum atomic E-state index is -3.88. The molecule has 7 heteroatoms. The topological polar surface area (TPSA) is 80.5 Å². The van der Waals surface area contributed by atoms with Crippen molar-refractivity contribution in [3.8, 4) is 0 Å². The van der Waals surface area contributed by atoms with Gasteiger partial charge in [-0.15, -0.1) is 0 Å². The van der Waals surface area contributed by atoms with Crippen LogP contribution in [0.1, 0.15) is 18.1 Å². The smallest absolute Gasteiger partial charge is 0.266 e. The summed E-state index contributed by atoms with van der Waals surface area (Å²) in [6.07, 6.45) is 0. The van der Waals surface area contributed by atoms with Crippen molar-refractivity contribution < 1.29 is 13.3 Å². The molecule has 6 nitrogen and oxygen atoms in total. The molecule has 2 aromatic rings. The summed E-state index contributed by atoms with van der Waals surface area (Å²) >= 11 is 0. The lowest BCUT2D eigenvalue weighted by Crippen LogP contribution is -2.31. The van der Waals surface area contributed by atoms with Crippen molar-refractivity contribution in [3.05, 3.63) is 63.7 Å². The van der Waals surface area contributed by atoms with Crippen LogP contribution in [0.2, 0.25) is 0 Å². The lowest BCUT2D eigenvalue weighted by molar-refractivity contribution is -0.385. The predicted molar refractivity (Wildman–Crippen MR) is 89.2 cm³/mol. The molecule has 0 radical (unpaired) electrons. The molecule has 0 amide bonds. The molecular weight excluding hydrogens is 316 g/mol. The summed E-state index contributed by atoms with van der Waals surface area (Å²) in [7, 11) is -3.88. The van der Waals surface area contributed by atoms with Gasteiger partial charge in [0, 0.05) is 18.7 Å². The fraction of sp³-hybridized carbons (Fsp3) is 0.250. The highest BCUT2D eigenvalue weighted by Gasteiger charge is 2.28. The number of rotatable bonds is 5. The summed E-state index contributed by atoms with van der Waals surface area (Å²) in [5.74, 6) is 0. The summed E-state index contributed by atoms with van der Waals surface area (Å²) in [6, 6.07) is 11.0.